The average Bonchev–Trinajstić information content (AvgIpc) is 2.54. The van der Waals surface area contributed by atoms with E-state index in [1.54, 1.807) is 14.2 Å². The minimum atomic E-state index is -0.00372. The predicted molar refractivity (Wildman–Crippen MR) is 81.5 cm³/mol. The summed E-state index contributed by atoms with van der Waals surface area (Å²) in [6.07, 6.45) is 0.361. The van der Waals surface area contributed by atoms with Crippen molar-refractivity contribution in [3.8, 4) is 11.5 Å². The first-order valence-electron chi connectivity index (χ1n) is 6.74. The normalized spacial score (nSPS) is 10.0. The van der Waals surface area contributed by atoms with E-state index in [1.807, 2.05) is 48.5 Å². The molecule has 1 N–H and O–H groups in total. The summed E-state index contributed by atoms with van der Waals surface area (Å²) in [5, 5.41) is 2.90. The molecule has 0 aliphatic rings. The molecule has 0 spiro atoms. The predicted octanol–water partition coefficient (Wildman–Crippen LogP) is 2.56. The monoisotopic (exact) mass is 285 g/mol. The van der Waals surface area contributed by atoms with E-state index in [1.165, 1.54) is 0 Å². The van der Waals surface area contributed by atoms with Crippen LogP contribution in [0.5, 0.6) is 11.5 Å². The molecule has 0 unspecified atom stereocenters. The number of rotatable bonds is 6. The molecule has 2 aromatic carbocycles. The van der Waals surface area contributed by atoms with Crippen LogP contribution in [0.15, 0.2) is 48.5 Å². The number of hydrogen-bond acceptors (Lipinski definition) is 3. The zero-order valence-corrected chi connectivity index (χ0v) is 12.3. The highest BCUT2D eigenvalue weighted by Gasteiger charge is 2.04. The Hall–Kier alpha value is -2.49. The fraction of sp³-hybridized carbons (Fsp3) is 0.235. The van der Waals surface area contributed by atoms with Crippen LogP contribution in [0.3, 0.4) is 0 Å². The Morgan fingerprint density at radius 2 is 1.33 bits per heavy atom. The molecule has 110 valence electrons. The van der Waals surface area contributed by atoms with Crippen molar-refractivity contribution in [2.45, 2.75) is 13.0 Å². The number of carbonyl (C=O) groups excluding carboxylic acids is 1. The molecule has 0 saturated carbocycles. The standard InChI is InChI=1S/C17H19NO3/c1-20-15-7-3-13(4-8-15)11-17(19)18-12-14-5-9-16(21-2)10-6-14/h3-10H,11-12H2,1-2H3,(H,18,19). The molecule has 0 atom stereocenters. The number of nitrogens with one attached hydrogen (secondary N) is 1. The molecule has 0 aliphatic heterocycles. The summed E-state index contributed by atoms with van der Waals surface area (Å²) in [6.45, 7) is 0.513. The highest BCUT2D eigenvalue weighted by molar-refractivity contribution is 5.78. The van der Waals surface area contributed by atoms with Crippen molar-refractivity contribution >= 4 is 5.91 Å². The van der Waals surface area contributed by atoms with Gasteiger partial charge >= 0.3 is 0 Å². The van der Waals surface area contributed by atoms with Gasteiger partial charge in [-0.3, -0.25) is 4.79 Å². The van der Waals surface area contributed by atoms with Gasteiger partial charge in [-0.1, -0.05) is 24.3 Å². The largest absolute Gasteiger partial charge is 0.497 e. The van der Waals surface area contributed by atoms with Gasteiger partial charge in [0.25, 0.3) is 0 Å². The van der Waals surface area contributed by atoms with E-state index in [9.17, 15) is 4.79 Å². The summed E-state index contributed by atoms with van der Waals surface area (Å²) in [4.78, 5) is 11.9. The van der Waals surface area contributed by atoms with Crippen LogP contribution in [0.2, 0.25) is 0 Å². The number of amides is 1. The summed E-state index contributed by atoms with van der Waals surface area (Å²) < 4.78 is 10.2. The lowest BCUT2D eigenvalue weighted by molar-refractivity contribution is -0.120. The molecular weight excluding hydrogens is 266 g/mol. The summed E-state index contributed by atoms with van der Waals surface area (Å²) in [5.41, 5.74) is 2.00. The van der Waals surface area contributed by atoms with Gasteiger partial charge in [0, 0.05) is 6.54 Å². The Morgan fingerprint density at radius 3 is 1.81 bits per heavy atom. The molecule has 4 nitrogen and oxygen atoms in total. The Kier molecular flexibility index (Phi) is 5.21. The highest BCUT2D eigenvalue weighted by Crippen LogP contribution is 2.12. The van der Waals surface area contributed by atoms with Crippen LogP contribution in [0.1, 0.15) is 11.1 Å². The Labute approximate surface area is 124 Å². The lowest BCUT2D eigenvalue weighted by Gasteiger charge is -2.07. The lowest BCUT2D eigenvalue weighted by atomic mass is 10.1. The van der Waals surface area contributed by atoms with E-state index in [4.69, 9.17) is 9.47 Å². The second kappa shape index (κ2) is 7.33. The Bertz CT molecular complexity index is 576. The molecule has 0 heterocycles. The van der Waals surface area contributed by atoms with Gasteiger partial charge in [0.05, 0.1) is 20.6 Å². The van der Waals surface area contributed by atoms with E-state index in [2.05, 4.69) is 5.32 Å². The van der Waals surface area contributed by atoms with Crippen molar-refractivity contribution in [2.24, 2.45) is 0 Å². The fourth-order valence-corrected chi connectivity index (χ4v) is 1.94. The molecule has 1 amide bonds. The zero-order valence-electron chi connectivity index (χ0n) is 12.3. The highest BCUT2D eigenvalue weighted by atomic mass is 16.5. The summed E-state index contributed by atoms with van der Waals surface area (Å²) in [6, 6.07) is 15.1. The van der Waals surface area contributed by atoms with Crippen molar-refractivity contribution in [2.75, 3.05) is 14.2 Å². The first kappa shape index (κ1) is 14.9. The van der Waals surface area contributed by atoms with E-state index < -0.39 is 0 Å². The molecule has 0 saturated heterocycles. The molecule has 2 rings (SSSR count). The van der Waals surface area contributed by atoms with Crippen LogP contribution in [-0.2, 0) is 17.8 Å². The third-order valence-electron chi connectivity index (χ3n) is 3.17. The van der Waals surface area contributed by atoms with Crippen LogP contribution in [0.4, 0.5) is 0 Å². The molecule has 0 bridgehead atoms. The van der Waals surface area contributed by atoms with Crippen LogP contribution in [0, 0.1) is 0 Å². The zero-order chi connectivity index (χ0) is 15.1. The molecule has 4 heteroatoms. The summed E-state index contributed by atoms with van der Waals surface area (Å²) in [7, 11) is 3.25. The molecule has 0 aromatic heterocycles. The second-order valence-corrected chi connectivity index (χ2v) is 4.65. The summed E-state index contributed by atoms with van der Waals surface area (Å²) in [5.74, 6) is 1.59. The van der Waals surface area contributed by atoms with E-state index in [0.29, 0.717) is 13.0 Å². The minimum Gasteiger partial charge on any atom is -0.497 e. The Morgan fingerprint density at radius 1 is 0.857 bits per heavy atom. The average molecular weight is 285 g/mol. The van der Waals surface area contributed by atoms with Gasteiger partial charge in [0.2, 0.25) is 5.91 Å². The van der Waals surface area contributed by atoms with Crippen molar-refractivity contribution in [3.63, 3.8) is 0 Å². The quantitative estimate of drug-likeness (QED) is 0.887. The maximum Gasteiger partial charge on any atom is 0.224 e. The maximum atomic E-state index is 11.9. The maximum absolute atomic E-state index is 11.9. The first-order chi connectivity index (χ1) is 10.2. The summed E-state index contributed by atoms with van der Waals surface area (Å²) >= 11 is 0. The van der Waals surface area contributed by atoms with Gasteiger partial charge in [0.1, 0.15) is 11.5 Å². The van der Waals surface area contributed by atoms with Crippen LogP contribution >= 0.6 is 0 Å². The van der Waals surface area contributed by atoms with Crippen molar-refractivity contribution in [1.82, 2.24) is 5.32 Å². The van der Waals surface area contributed by atoms with Gasteiger partial charge in [0.15, 0.2) is 0 Å². The minimum absolute atomic E-state index is 0.00372. The SMILES string of the molecule is COc1ccc(CNC(=O)Cc2ccc(OC)cc2)cc1. The van der Waals surface area contributed by atoms with Crippen molar-refractivity contribution in [3.05, 3.63) is 59.7 Å². The molecule has 2 aromatic rings. The third-order valence-corrected chi connectivity index (χ3v) is 3.17. The molecule has 0 fully saturated rings. The molecule has 21 heavy (non-hydrogen) atoms. The lowest BCUT2D eigenvalue weighted by Crippen LogP contribution is -2.24. The molecular formula is C17H19NO3. The smallest absolute Gasteiger partial charge is 0.224 e. The fourth-order valence-electron chi connectivity index (χ4n) is 1.94. The number of methoxy groups -OCH3 is 2. The second-order valence-electron chi connectivity index (χ2n) is 4.65. The molecule has 0 aliphatic carbocycles. The van der Waals surface area contributed by atoms with Crippen LogP contribution in [-0.4, -0.2) is 20.1 Å². The number of hydrogen-bond donors (Lipinski definition) is 1. The topological polar surface area (TPSA) is 47.6 Å². The van der Waals surface area contributed by atoms with Crippen LogP contribution in [0.25, 0.3) is 0 Å². The van der Waals surface area contributed by atoms with E-state index >= 15 is 0 Å². The van der Waals surface area contributed by atoms with Gasteiger partial charge < -0.3 is 14.8 Å². The van der Waals surface area contributed by atoms with E-state index in [-0.39, 0.29) is 5.91 Å². The molecule has 0 radical (unpaired) electrons. The number of ether oxygens (including phenoxy) is 2. The third kappa shape index (κ3) is 4.53. The van der Waals surface area contributed by atoms with Gasteiger partial charge in [-0.05, 0) is 35.4 Å². The van der Waals surface area contributed by atoms with Crippen molar-refractivity contribution < 1.29 is 14.3 Å². The first-order valence-corrected chi connectivity index (χ1v) is 6.74. The van der Waals surface area contributed by atoms with Gasteiger partial charge in [-0.2, -0.15) is 0 Å². The number of benzene rings is 2. The van der Waals surface area contributed by atoms with Crippen molar-refractivity contribution in [1.29, 1.82) is 0 Å². The van der Waals surface area contributed by atoms with Gasteiger partial charge in [-0.15, -0.1) is 0 Å². The van der Waals surface area contributed by atoms with Gasteiger partial charge in [-0.25, -0.2) is 0 Å². The number of carbonyl (C=O) groups is 1. The van der Waals surface area contributed by atoms with E-state index in [0.717, 1.165) is 22.6 Å². The Balaban J connectivity index is 1.83. The van der Waals surface area contributed by atoms with Crippen LogP contribution < -0.4 is 14.8 Å².